The lowest BCUT2D eigenvalue weighted by atomic mass is 9.99. The number of aromatic nitrogens is 2. The zero-order valence-corrected chi connectivity index (χ0v) is 17.7. The van der Waals surface area contributed by atoms with Gasteiger partial charge in [-0.15, -0.1) is 0 Å². The average molecular weight is 400 g/mol. The molecule has 0 radical (unpaired) electrons. The summed E-state index contributed by atoms with van der Waals surface area (Å²) >= 11 is 0. The van der Waals surface area contributed by atoms with Crippen LogP contribution in [0.2, 0.25) is 0 Å². The monoisotopic (exact) mass is 399 g/mol. The highest BCUT2D eigenvalue weighted by molar-refractivity contribution is 5.94. The number of likely N-dealkylation sites (tertiary alicyclic amines) is 1. The number of fused-ring (bicyclic) bond motifs is 1. The Hall–Kier alpha value is -2.88. The van der Waals surface area contributed by atoms with E-state index in [1.54, 1.807) is 0 Å². The highest BCUT2D eigenvalue weighted by Crippen LogP contribution is 2.31. The average Bonchev–Trinajstić information content (AvgIpc) is 3.33. The van der Waals surface area contributed by atoms with E-state index in [0.29, 0.717) is 11.6 Å². The van der Waals surface area contributed by atoms with Crippen molar-refractivity contribution in [1.82, 2.24) is 14.5 Å². The van der Waals surface area contributed by atoms with E-state index in [4.69, 9.17) is 4.98 Å². The molecule has 0 saturated carbocycles. The van der Waals surface area contributed by atoms with Gasteiger partial charge in [-0.1, -0.05) is 66.6 Å². The van der Waals surface area contributed by atoms with Crippen molar-refractivity contribution < 1.29 is 4.79 Å². The minimum absolute atomic E-state index is 0.109. The summed E-state index contributed by atoms with van der Waals surface area (Å²) in [6.45, 7) is 4.65. The van der Waals surface area contributed by atoms with Crippen molar-refractivity contribution in [2.24, 2.45) is 0 Å². The summed E-state index contributed by atoms with van der Waals surface area (Å²) in [5.41, 5.74) is 5.49. The first-order chi connectivity index (χ1) is 14.7. The van der Waals surface area contributed by atoms with Crippen LogP contribution in [0.1, 0.15) is 58.9 Å². The molecule has 2 aliphatic heterocycles. The SMILES string of the molecule is Cc1ccc(-c2nc(C(=O)N3CC[C@@H](c4ccccc4)C3)c3n2CCCCC3)cc1. The number of hydrogen-bond acceptors (Lipinski definition) is 2. The molecule has 3 aromatic rings. The van der Waals surface area contributed by atoms with Gasteiger partial charge in [0.2, 0.25) is 0 Å². The first kappa shape index (κ1) is 19.1. The van der Waals surface area contributed by atoms with Crippen molar-refractivity contribution in [3.05, 3.63) is 77.1 Å². The van der Waals surface area contributed by atoms with Crippen molar-refractivity contribution in [2.45, 2.75) is 51.5 Å². The van der Waals surface area contributed by atoms with Crippen LogP contribution in [0, 0.1) is 6.92 Å². The molecule has 0 aliphatic carbocycles. The Morgan fingerprint density at radius 2 is 1.77 bits per heavy atom. The van der Waals surface area contributed by atoms with Gasteiger partial charge in [0.25, 0.3) is 5.91 Å². The zero-order chi connectivity index (χ0) is 20.5. The van der Waals surface area contributed by atoms with Gasteiger partial charge in [-0.2, -0.15) is 0 Å². The van der Waals surface area contributed by atoms with E-state index >= 15 is 0 Å². The minimum atomic E-state index is 0.109. The van der Waals surface area contributed by atoms with Crippen LogP contribution in [0.25, 0.3) is 11.4 Å². The highest BCUT2D eigenvalue weighted by Gasteiger charge is 2.32. The first-order valence-corrected chi connectivity index (χ1v) is 11.2. The van der Waals surface area contributed by atoms with Gasteiger partial charge in [0.1, 0.15) is 11.5 Å². The normalized spacial score (nSPS) is 18.8. The third-order valence-electron chi connectivity index (χ3n) is 6.63. The van der Waals surface area contributed by atoms with E-state index in [1.807, 2.05) is 11.0 Å². The second-order valence-corrected chi connectivity index (χ2v) is 8.71. The summed E-state index contributed by atoms with van der Waals surface area (Å²) < 4.78 is 2.32. The minimum Gasteiger partial charge on any atom is -0.337 e. The molecule has 3 heterocycles. The molecule has 4 heteroatoms. The predicted octanol–water partition coefficient (Wildman–Crippen LogP) is 5.21. The van der Waals surface area contributed by atoms with Crippen LogP contribution in [-0.4, -0.2) is 33.4 Å². The van der Waals surface area contributed by atoms with E-state index in [0.717, 1.165) is 62.4 Å². The molecule has 1 fully saturated rings. The Bertz CT molecular complexity index is 1040. The Morgan fingerprint density at radius 3 is 2.57 bits per heavy atom. The molecule has 1 amide bonds. The van der Waals surface area contributed by atoms with E-state index in [1.165, 1.54) is 17.5 Å². The number of nitrogens with zero attached hydrogens (tertiary/aromatic N) is 3. The van der Waals surface area contributed by atoms with Crippen LogP contribution >= 0.6 is 0 Å². The van der Waals surface area contributed by atoms with Crippen molar-refractivity contribution in [2.75, 3.05) is 13.1 Å². The van der Waals surface area contributed by atoms with Gasteiger partial charge in [-0.05, 0) is 38.2 Å². The maximum Gasteiger partial charge on any atom is 0.274 e. The lowest BCUT2D eigenvalue weighted by Gasteiger charge is -2.16. The second kappa shape index (κ2) is 8.10. The Balaban J connectivity index is 1.46. The van der Waals surface area contributed by atoms with Crippen LogP contribution in [0.3, 0.4) is 0 Å². The van der Waals surface area contributed by atoms with Gasteiger partial charge in [0.15, 0.2) is 0 Å². The van der Waals surface area contributed by atoms with Gasteiger partial charge in [0, 0.05) is 31.1 Å². The molecule has 0 N–H and O–H groups in total. The number of carbonyl (C=O) groups is 1. The number of imidazole rings is 1. The van der Waals surface area contributed by atoms with Crippen LogP contribution < -0.4 is 0 Å². The smallest absolute Gasteiger partial charge is 0.274 e. The largest absolute Gasteiger partial charge is 0.337 e. The van der Waals surface area contributed by atoms with Crippen LogP contribution in [0.5, 0.6) is 0 Å². The molecule has 0 spiro atoms. The zero-order valence-electron chi connectivity index (χ0n) is 17.7. The molecule has 1 saturated heterocycles. The predicted molar refractivity (Wildman–Crippen MR) is 120 cm³/mol. The maximum atomic E-state index is 13.6. The molecule has 4 nitrogen and oxygen atoms in total. The van der Waals surface area contributed by atoms with Gasteiger partial charge >= 0.3 is 0 Å². The molecule has 5 rings (SSSR count). The fraction of sp³-hybridized carbons (Fsp3) is 0.385. The molecule has 2 aromatic carbocycles. The standard InChI is InChI=1S/C26H29N3O/c1-19-11-13-21(14-12-19)25-27-24(23-10-6-3-7-16-29(23)25)26(30)28-17-15-22(18-28)20-8-4-2-5-9-20/h2,4-5,8-9,11-14,22H,3,6-7,10,15-18H2,1H3/t22-/m1/s1. The molecule has 0 bridgehead atoms. The van der Waals surface area contributed by atoms with Crippen molar-refractivity contribution in [1.29, 1.82) is 0 Å². The van der Waals surface area contributed by atoms with E-state index in [2.05, 4.69) is 60.0 Å². The van der Waals surface area contributed by atoms with Crippen molar-refractivity contribution in [3.8, 4) is 11.4 Å². The van der Waals surface area contributed by atoms with Gasteiger partial charge in [0.05, 0.1) is 5.69 Å². The fourth-order valence-electron chi connectivity index (χ4n) is 4.91. The lowest BCUT2D eigenvalue weighted by molar-refractivity contribution is 0.0784. The summed E-state index contributed by atoms with van der Waals surface area (Å²) in [6, 6.07) is 19.1. The number of hydrogen-bond donors (Lipinski definition) is 0. The molecular weight excluding hydrogens is 370 g/mol. The molecule has 0 unspecified atom stereocenters. The third-order valence-corrected chi connectivity index (χ3v) is 6.63. The van der Waals surface area contributed by atoms with Crippen LogP contribution in [0.15, 0.2) is 54.6 Å². The quantitative estimate of drug-likeness (QED) is 0.606. The van der Waals surface area contributed by atoms with Gasteiger partial charge < -0.3 is 9.47 Å². The first-order valence-electron chi connectivity index (χ1n) is 11.2. The summed E-state index contributed by atoms with van der Waals surface area (Å²) in [7, 11) is 0. The van der Waals surface area contributed by atoms with E-state index in [-0.39, 0.29) is 5.91 Å². The molecular formula is C26H29N3O. The third kappa shape index (κ3) is 3.55. The Labute approximate surface area is 178 Å². The van der Waals surface area contributed by atoms with Crippen LogP contribution in [-0.2, 0) is 13.0 Å². The lowest BCUT2D eigenvalue weighted by Crippen LogP contribution is -2.29. The topological polar surface area (TPSA) is 38.1 Å². The summed E-state index contributed by atoms with van der Waals surface area (Å²) in [5.74, 6) is 1.49. The maximum absolute atomic E-state index is 13.6. The molecule has 154 valence electrons. The Morgan fingerprint density at radius 1 is 0.967 bits per heavy atom. The number of benzene rings is 2. The highest BCUT2D eigenvalue weighted by atomic mass is 16.2. The van der Waals surface area contributed by atoms with Gasteiger partial charge in [-0.3, -0.25) is 4.79 Å². The van der Waals surface area contributed by atoms with E-state index in [9.17, 15) is 4.79 Å². The Kier molecular flexibility index (Phi) is 5.16. The molecule has 1 aromatic heterocycles. The van der Waals surface area contributed by atoms with Crippen LogP contribution in [0.4, 0.5) is 0 Å². The summed E-state index contributed by atoms with van der Waals surface area (Å²) in [4.78, 5) is 20.5. The van der Waals surface area contributed by atoms with Gasteiger partial charge in [-0.25, -0.2) is 4.98 Å². The van der Waals surface area contributed by atoms with Crippen molar-refractivity contribution >= 4 is 5.91 Å². The van der Waals surface area contributed by atoms with E-state index < -0.39 is 0 Å². The molecule has 1 atom stereocenters. The number of carbonyl (C=O) groups excluding carboxylic acids is 1. The summed E-state index contributed by atoms with van der Waals surface area (Å²) in [6.07, 6.45) is 5.45. The number of rotatable bonds is 3. The molecule has 30 heavy (non-hydrogen) atoms. The molecule has 2 aliphatic rings. The second-order valence-electron chi connectivity index (χ2n) is 8.71. The van der Waals surface area contributed by atoms with Crippen molar-refractivity contribution in [3.63, 3.8) is 0 Å². The fourth-order valence-corrected chi connectivity index (χ4v) is 4.91. The summed E-state index contributed by atoms with van der Waals surface area (Å²) in [5, 5.41) is 0. The number of aryl methyl sites for hydroxylation is 1. The number of amides is 1.